The Morgan fingerprint density at radius 3 is 2.86 bits per heavy atom. The van der Waals surface area contributed by atoms with Gasteiger partial charge in [0.1, 0.15) is 0 Å². The Kier molecular flexibility index (Phi) is 2.69. The molecule has 0 aliphatic carbocycles. The molecule has 0 N–H and O–H groups in total. The Bertz CT molecular complexity index is 358. The van der Waals surface area contributed by atoms with Crippen LogP contribution in [-0.2, 0) is 6.42 Å². The molecule has 1 aromatic heterocycles. The van der Waals surface area contributed by atoms with Crippen LogP contribution in [0.25, 0.3) is 0 Å². The molecule has 1 fully saturated rings. The fraction of sp³-hybridized carbons (Fsp3) is 0.600. The summed E-state index contributed by atoms with van der Waals surface area (Å²) in [7, 11) is 0. The molecule has 0 atom stereocenters. The lowest BCUT2D eigenvalue weighted by atomic mass is 10.3. The highest BCUT2D eigenvalue weighted by molar-refractivity contribution is 7.15. The highest BCUT2D eigenvalue weighted by atomic mass is 32.1. The first-order valence-electron chi connectivity index (χ1n) is 4.89. The van der Waals surface area contributed by atoms with Crippen LogP contribution in [0.15, 0.2) is 0 Å². The third kappa shape index (κ3) is 1.73. The van der Waals surface area contributed by atoms with E-state index in [1.807, 2.05) is 6.92 Å². The van der Waals surface area contributed by atoms with Crippen molar-refractivity contribution in [3.63, 3.8) is 0 Å². The van der Waals surface area contributed by atoms with Crippen LogP contribution >= 0.6 is 11.3 Å². The molecule has 0 unspecified atom stereocenters. The first kappa shape index (κ1) is 9.47. The van der Waals surface area contributed by atoms with E-state index in [1.54, 1.807) is 11.3 Å². The van der Waals surface area contributed by atoms with Gasteiger partial charge in [-0.25, -0.2) is 4.98 Å². The number of nitriles is 1. The standard InChI is InChI=1S/C10H13N3S/c1-8-9(4-5-11)14-10(12-8)13-6-2-3-7-13/h2-4,6-7H2,1H3. The molecule has 0 radical (unpaired) electrons. The maximum atomic E-state index is 8.63. The van der Waals surface area contributed by atoms with E-state index in [0.29, 0.717) is 6.42 Å². The molecule has 1 aliphatic heterocycles. The summed E-state index contributed by atoms with van der Waals surface area (Å²) in [6.07, 6.45) is 3.04. The third-order valence-corrected chi connectivity index (χ3v) is 3.72. The first-order valence-corrected chi connectivity index (χ1v) is 5.71. The predicted octanol–water partition coefficient (Wildman–Crippen LogP) is 2.12. The second kappa shape index (κ2) is 3.97. The molecule has 2 rings (SSSR count). The van der Waals surface area contributed by atoms with Gasteiger partial charge in [0.25, 0.3) is 0 Å². The second-order valence-corrected chi connectivity index (χ2v) is 4.60. The highest BCUT2D eigenvalue weighted by Crippen LogP contribution is 2.28. The average molecular weight is 207 g/mol. The van der Waals surface area contributed by atoms with Crippen molar-refractivity contribution in [1.82, 2.24) is 4.98 Å². The Morgan fingerprint density at radius 1 is 1.50 bits per heavy atom. The summed E-state index contributed by atoms with van der Waals surface area (Å²) in [4.78, 5) is 7.94. The predicted molar refractivity (Wildman–Crippen MR) is 57.6 cm³/mol. The number of thiazole rings is 1. The van der Waals surface area contributed by atoms with Gasteiger partial charge in [-0.2, -0.15) is 5.26 Å². The van der Waals surface area contributed by atoms with Crippen molar-refractivity contribution in [2.45, 2.75) is 26.2 Å². The van der Waals surface area contributed by atoms with Gasteiger partial charge in [0.2, 0.25) is 0 Å². The fourth-order valence-corrected chi connectivity index (χ4v) is 2.74. The highest BCUT2D eigenvalue weighted by Gasteiger charge is 2.17. The summed E-state index contributed by atoms with van der Waals surface area (Å²) < 4.78 is 0. The van der Waals surface area contributed by atoms with E-state index in [4.69, 9.17) is 5.26 Å². The van der Waals surface area contributed by atoms with Gasteiger partial charge in [0.05, 0.1) is 18.2 Å². The summed E-state index contributed by atoms with van der Waals surface area (Å²) in [6.45, 7) is 4.24. The van der Waals surface area contributed by atoms with Crippen LogP contribution in [0.2, 0.25) is 0 Å². The lowest BCUT2D eigenvalue weighted by molar-refractivity contribution is 0.949. The van der Waals surface area contributed by atoms with Gasteiger partial charge in [0, 0.05) is 18.0 Å². The molecule has 0 aromatic carbocycles. The van der Waals surface area contributed by atoms with E-state index in [9.17, 15) is 0 Å². The van der Waals surface area contributed by atoms with Crippen LogP contribution in [0.1, 0.15) is 23.4 Å². The Morgan fingerprint density at radius 2 is 2.21 bits per heavy atom. The summed E-state index contributed by atoms with van der Waals surface area (Å²) in [5, 5.41) is 9.74. The lowest BCUT2D eigenvalue weighted by Gasteiger charge is -2.11. The molecule has 1 aromatic rings. The molecule has 0 bridgehead atoms. The summed E-state index contributed by atoms with van der Waals surface area (Å²) in [5.74, 6) is 0. The molecule has 4 heteroatoms. The number of anilines is 1. The molecule has 14 heavy (non-hydrogen) atoms. The largest absolute Gasteiger partial charge is 0.348 e. The van der Waals surface area contributed by atoms with Gasteiger partial charge in [-0.3, -0.25) is 0 Å². The van der Waals surface area contributed by atoms with E-state index in [0.717, 1.165) is 28.8 Å². The first-order chi connectivity index (χ1) is 6.81. The van der Waals surface area contributed by atoms with Crippen molar-refractivity contribution in [1.29, 1.82) is 5.26 Å². The zero-order valence-corrected chi connectivity index (χ0v) is 9.10. The summed E-state index contributed by atoms with van der Waals surface area (Å²) >= 11 is 1.67. The average Bonchev–Trinajstić information content (AvgIpc) is 2.76. The van der Waals surface area contributed by atoms with Gasteiger partial charge in [-0.05, 0) is 19.8 Å². The minimum absolute atomic E-state index is 0.497. The topological polar surface area (TPSA) is 39.9 Å². The molecule has 0 spiro atoms. The number of rotatable bonds is 2. The van der Waals surface area contributed by atoms with Crippen LogP contribution in [0.5, 0.6) is 0 Å². The van der Waals surface area contributed by atoms with E-state index in [2.05, 4.69) is 16.0 Å². The summed E-state index contributed by atoms with van der Waals surface area (Å²) in [5.41, 5.74) is 1.03. The number of hydrogen-bond donors (Lipinski definition) is 0. The van der Waals surface area contributed by atoms with E-state index >= 15 is 0 Å². The van der Waals surface area contributed by atoms with Crippen LogP contribution in [0, 0.1) is 18.3 Å². The van der Waals surface area contributed by atoms with Crippen LogP contribution in [-0.4, -0.2) is 18.1 Å². The number of aromatic nitrogens is 1. The molecule has 1 aliphatic rings. The molecule has 0 saturated carbocycles. The Balaban J connectivity index is 2.19. The van der Waals surface area contributed by atoms with E-state index < -0.39 is 0 Å². The summed E-state index contributed by atoms with van der Waals surface area (Å²) in [6, 6.07) is 2.18. The van der Waals surface area contributed by atoms with Gasteiger partial charge < -0.3 is 4.90 Å². The third-order valence-electron chi connectivity index (χ3n) is 2.50. The van der Waals surface area contributed by atoms with Gasteiger partial charge >= 0.3 is 0 Å². The SMILES string of the molecule is Cc1nc(N2CCCC2)sc1CC#N. The normalized spacial score (nSPS) is 15.9. The Hall–Kier alpha value is -1.08. The fourth-order valence-electron chi connectivity index (χ4n) is 1.69. The van der Waals surface area contributed by atoms with Crippen molar-refractivity contribution in [3.05, 3.63) is 10.6 Å². The van der Waals surface area contributed by atoms with Gasteiger partial charge in [-0.15, -0.1) is 11.3 Å². The van der Waals surface area contributed by atoms with Crippen molar-refractivity contribution in [3.8, 4) is 6.07 Å². The maximum absolute atomic E-state index is 8.63. The molecule has 2 heterocycles. The maximum Gasteiger partial charge on any atom is 0.185 e. The van der Waals surface area contributed by atoms with Gasteiger partial charge in [0.15, 0.2) is 5.13 Å². The van der Waals surface area contributed by atoms with E-state index in [-0.39, 0.29) is 0 Å². The van der Waals surface area contributed by atoms with Crippen molar-refractivity contribution in [2.24, 2.45) is 0 Å². The molecule has 74 valence electrons. The number of nitrogens with zero attached hydrogens (tertiary/aromatic N) is 3. The van der Waals surface area contributed by atoms with Crippen LogP contribution in [0.4, 0.5) is 5.13 Å². The molecule has 3 nitrogen and oxygen atoms in total. The number of aryl methyl sites for hydroxylation is 1. The second-order valence-electron chi connectivity index (χ2n) is 3.53. The van der Waals surface area contributed by atoms with Crippen molar-refractivity contribution < 1.29 is 0 Å². The minimum atomic E-state index is 0.497. The smallest absolute Gasteiger partial charge is 0.185 e. The zero-order valence-electron chi connectivity index (χ0n) is 8.29. The van der Waals surface area contributed by atoms with Crippen molar-refractivity contribution in [2.75, 3.05) is 18.0 Å². The zero-order chi connectivity index (χ0) is 9.97. The molecular weight excluding hydrogens is 194 g/mol. The minimum Gasteiger partial charge on any atom is -0.348 e. The quantitative estimate of drug-likeness (QED) is 0.745. The van der Waals surface area contributed by atoms with Gasteiger partial charge in [-0.1, -0.05) is 0 Å². The lowest BCUT2D eigenvalue weighted by Crippen LogP contribution is -2.17. The van der Waals surface area contributed by atoms with Crippen LogP contribution in [0.3, 0.4) is 0 Å². The van der Waals surface area contributed by atoms with Crippen molar-refractivity contribution >= 4 is 16.5 Å². The Labute approximate surface area is 88.0 Å². The molecule has 1 saturated heterocycles. The monoisotopic (exact) mass is 207 g/mol. The van der Waals surface area contributed by atoms with E-state index in [1.165, 1.54) is 12.8 Å². The molecule has 0 amide bonds. The van der Waals surface area contributed by atoms with Crippen LogP contribution < -0.4 is 4.90 Å². The number of hydrogen-bond acceptors (Lipinski definition) is 4. The molecular formula is C10H13N3S.